The number of hydrogen-bond acceptors (Lipinski definition) is 3. The molecule has 0 amide bonds. The molecule has 0 saturated heterocycles. The Balaban J connectivity index is 1.69. The second kappa shape index (κ2) is 12.0. The monoisotopic (exact) mass is 392 g/mol. The van der Waals surface area contributed by atoms with Crippen LogP contribution in [0.3, 0.4) is 0 Å². The second-order valence-corrected chi connectivity index (χ2v) is 7.97. The number of carboxylic acids is 1. The first kappa shape index (κ1) is 22.6. The maximum Gasteiger partial charge on any atom is 0.303 e. The molecule has 28 heavy (non-hydrogen) atoms. The van der Waals surface area contributed by atoms with Crippen LogP contribution in [0, 0.1) is 17.7 Å². The van der Waals surface area contributed by atoms with Crippen molar-refractivity contribution >= 4 is 12.0 Å². The van der Waals surface area contributed by atoms with Crippen LogP contribution in [-0.4, -0.2) is 33.5 Å². The predicted octanol–water partition coefficient (Wildman–Crippen LogP) is 4.79. The van der Waals surface area contributed by atoms with Crippen LogP contribution in [0.25, 0.3) is 6.08 Å². The van der Waals surface area contributed by atoms with Crippen LogP contribution in [0.1, 0.15) is 69.8 Å². The van der Waals surface area contributed by atoms with Crippen LogP contribution in [0.4, 0.5) is 4.39 Å². The van der Waals surface area contributed by atoms with Crippen LogP contribution < -0.4 is 0 Å². The third-order valence-electron chi connectivity index (χ3n) is 5.83. The largest absolute Gasteiger partial charge is 0.481 e. The lowest BCUT2D eigenvalue weighted by Crippen LogP contribution is -2.21. The van der Waals surface area contributed by atoms with E-state index < -0.39 is 12.1 Å². The molecule has 0 aliphatic heterocycles. The predicted molar refractivity (Wildman–Crippen MR) is 108 cm³/mol. The minimum absolute atomic E-state index is 0.230. The van der Waals surface area contributed by atoms with Gasteiger partial charge in [-0.3, -0.25) is 4.79 Å². The van der Waals surface area contributed by atoms with E-state index in [4.69, 9.17) is 5.11 Å². The molecule has 4 nitrogen and oxygen atoms in total. The molecule has 0 heterocycles. The minimum Gasteiger partial charge on any atom is -0.481 e. The van der Waals surface area contributed by atoms with Gasteiger partial charge in [-0.2, -0.15) is 0 Å². The van der Waals surface area contributed by atoms with E-state index in [1.165, 1.54) is 12.1 Å². The summed E-state index contributed by atoms with van der Waals surface area (Å²) in [5.41, 5.74) is 0.849. The minimum atomic E-state index is -0.731. The van der Waals surface area contributed by atoms with Crippen molar-refractivity contribution < 1.29 is 24.5 Å². The van der Waals surface area contributed by atoms with Crippen molar-refractivity contribution in [2.24, 2.45) is 11.8 Å². The summed E-state index contributed by atoms with van der Waals surface area (Å²) in [4.78, 5) is 10.5. The molecule has 1 aliphatic carbocycles. The number of carboxylic acid groups (broad SMARTS) is 1. The van der Waals surface area contributed by atoms with Crippen molar-refractivity contribution in [3.63, 3.8) is 0 Å². The third-order valence-corrected chi connectivity index (χ3v) is 5.83. The van der Waals surface area contributed by atoms with E-state index >= 15 is 0 Å². The lowest BCUT2D eigenvalue weighted by atomic mass is 9.85. The standard InChI is InChI=1S/C23H33FO4/c24-19-11-7-17(8-12-19)9-13-20(25)14-15-21-18(10-16-22(21)26)5-3-1-2-4-6-23(27)28/h7-9,11-13,18,20-22,25-26H,1-6,10,14-16H2,(H,27,28)/t18-,20?,21?,22+/m0/s1. The zero-order valence-corrected chi connectivity index (χ0v) is 16.5. The zero-order valence-electron chi connectivity index (χ0n) is 16.5. The Bertz CT molecular complexity index is 614. The van der Waals surface area contributed by atoms with E-state index in [1.807, 2.05) is 0 Å². The van der Waals surface area contributed by atoms with Gasteiger partial charge < -0.3 is 15.3 Å². The molecule has 0 spiro atoms. The van der Waals surface area contributed by atoms with Crippen molar-refractivity contribution in [2.75, 3.05) is 0 Å². The van der Waals surface area contributed by atoms with Gasteiger partial charge in [-0.1, -0.05) is 50.0 Å². The molecule has 0 radical (unpaired) electrons. The highest BCUT2D eigenvalue weighted by molar-refractivity contribution is 5.66. The fourth-order valence-corrected chi connectivity index (χ4v) is 4.21. The molecule has 1 aromatic rings. The molecule has 0 bridgehead atoms. The molecule has 2 rings (SSSR count). The smallest absolute Gasteiger partial charge is 0.303 e. The fraction of sp³-hybridized carbons (Fsp3) is 0.609. The molecule has 0 aromatic heterocycles. The van der Waals surface area contributed by atoms with E-state index in [9.17, 15) is 19.4 Å². The van der Waals surface area contributed by atoms with Gasteiger partial charge in [0, 0.05) is 6.42 Å². The summed E-state index contributed by atoms with van der Waals surface area (Å²) in [6.45, 7) is 0. The molecule has 3 N–H and O–H groups in total. The van der Waals surface area contributed by atoms with E-state index in [1.54, 1.807) is 24.3 Å². The highest BCUT2D eigenvalue weighted by Crippen LogP contribution is 2.38. The molecule has 1 fully saturated rings. The molecule has 4 atom stereocenters. The van der Waals surface area contributed by atoms with Gasteiger partial charge in [0.25, 0.3) is 0 Å². The van der Waals surface area contributed by atoms with Gasteiger partial charge in [0.05, 0.1) is 12.2 Å². The third kappa shape index (κ3) is 8.11. The molecule has 156 valence electrons. The fourth-order valence-electron chi connectivity index (χ4n) is 4.21. The summed E-state index contributed by atoms with van der Waals surface area (Å²) in [7, 11) is 0. The van der Waals surface area contributed by atoms with Gasteiger partial charge in [-0.05, 0) is 61.6 Å². The topological polar surface area (TPSA) is 77.8 Å². The zero-order chi connectivity index (χ0) is 20.4. The maximum atomic E-state index is 12.9. The number of aliphatic hydroxyl groups is 2. The van der Waals surface area contributed by atoms with Gasteiger partial charge in [-0.15, -0.1) is 0 Å². The Morgan fingerprint density at radius 2 is 1.82 bits per heavy atom. The molecule has 1 aliphatic rings. The van der Waals surface area contributed by atoms with E-state index in [-0.39, 0.29) is 24.3 Å². The molecule has 1 aromatic carbocycles. The summed E-state index contributed by atoms with van der Waals surface area (Å²) in [5, 5.41) is 29.2. The van der Waals surface area contributed by atoms with Gasteiger partial charge in [0.2, 0.25) is 0 Å². The highest BCUT2D eigenvalue weighted by Gasteiger charge is 2.34. The first-order chi connectivity index (χ1) is 13.5. The Morgan fingerprint density at radius 3 is 2.54 bits per heavy atom. The molecule has 1 saturated carbocycles. The summed E-state index contributed by atoms with van der Waals surface area (Å²) in [6, 6.07) is 6.14. The normalized spacial score (nSPS) is 23.3. The number of rotatable bonds is 12. The Morgan fingerprint density at radius 1 is 1.11 bits per heavy atom. The number of unbranched alkanes of at least 4 members (excludes halogenated alkanes) is 3. The first-order valence-electron chi connectivity index (χ1n) is 10.5. The summed E-state index contributed by atoms with van der Waals surface area (Å²) < 4.78 is 12.9. The van der Waals surface area contributed by atoms with Crippen LogP contribution in [0.5, 0.6) is 0 Å². The van der Waals surface area contributed by atoms with Crippen LogP contribution in [0.15, 0.2) is 30.3 Å². The lowest BCUT2D eigenvalue weighted by Gasteiger charge is -2.23. The van der Waals surface area contributed by atoms with E-state index in [0.29, 0.717) is 12.3 Å². The average molecular weight is 393 g/mol. The van der Waals surface area contributed by atoms with Crippen molar-refractivity contribution in [2.45, 2.75) is 76.4 Å². The second-order valence-electron chi connectivity index (χ2n) is 7.97. The lowest BCUT2D eigenvalue weighted by molar-refractivity contribution is -0.137. The van der Waals surface area contributed by atoms with E-state index in [0.717, 1.165) is 56.9 Å². The average Bonchev–Trinajstić information content (AvgIpc) is 3.01. The van der Waals surface area contributed by atoms with E-state index in [2.05, 4.69) is 0 Å². The van der Waals surface area contributed by atoms with Crippen molar-refractivity contribution in [3.05, 3.63) is 41.7 Å². The van der Waals surface area contributed by atoms with Crippen LogP contribution in [-0.2, 0) is 4.79 Å². The van der Waals surface area contributed by atoms with Gasteiger partial charge in [-0.25, -0.2) is 4.39 Å². The molecule has 5 heteroatoms. The molecular weight excluding hydrogens is 359 g/mol. The number of hydrogen-bond donors (Lipinski definition) is 3. The Labute approximate surface area is 167 Å². The summed E-state index contributed by atoms with van der Waals surface area (Å²) in [5.74, 6) is -0.289. The number of aliphatic hydroxyl groups excluding tert-OH is 2. The maximum absolute atomic E-state index is 12.9. The van der Waals surface area contributed by atoms with Gasteiger partial charge in [0.1, 0.15) is 5.82 Å². The van der Waals surface area contributed by atoms with Crippen LogP contribution in [0.2, 0.25) is 0 Å². The Kier molecular flexibility index (Phi) is 9.65. The van der Waals surface area contributed by atoms with Crippen molar-refractivity contribution in [1.82, 2.24) is 0 Å². The van der Waals surface area contributed by atoms with Gasteiger partial charge >= 0.3 is 5.97 Å². The molecular formula is C23H33FO4. The number of carbonyl (C=O) groups is 1. The number of aliphatic carboxylic acids is 1. The summed E-state index contributed by atoms with van der Waals surface area (Å²) in [6.07, 6.45) is 11.0. The number of benzene rings is 1. The van der Waals surface area contributed by atoms with Crippen molar-refractivity contribution in [3.8, 4) is 0 Å². The summed E-state index contributed by atoms with van der Waals surface area (Å²) >= 11 is 0. The SMILES string of the molecule is O=C(O)CCCCCC[C@H]1CC[C@@H](O)C1CCC(O)C=Cc1ccc(F)cc1. The molecule has 2 unspecified atom stereocenters. The van der Waals surface area contributed by atoms with Crippen LogP contribution >= 0.6 is 0 Å². The number of halogens is 1. The van der Waals surface area contributed by atoms with Gasteiger partial charge in [0.15, 0.2) is 0 Å². The quantitative estimate of drug-likeness (QED) is 0.447. The Hall–Kier alpha value is -1.72. The highest BCUT2D eigenvalue weighted by atomic mass is 19.1. The first-order valence-corrected chi connectivity index (χ1v) is 10.5. The van der Waals surface area contributed by atoms with Crippen molar-refractivity contribution in [1.29, 1.82) is 0 Å².